The summed E-state index contributed by atoms with van der Waals surface area (Å²) in [5, 5.41) is 16.2. The van der Waals surface area contributed by atoms with Crippen LogP contribution in [0.3, 0.4) is 0 Å². The second-order valence-corrected chi connectivity index (χ2v) is 7.83. The highest BCUT2D eigenvalue weighted by Crippen LogP contribution is 2.33. The van der Waals surface area contributed by atoms with Crippen LogP contribution in [0.15, 0.2) is 36.5 Å². The fraction of sp³-hybridized carbons (Fsp3) is 0.455. The average molecular weight is 376 g/mol. The van der Waals surface area contributed by atoms with E-state index in [1.54, 1.807) is 12.3 Å². The van der Waals surface area contributed by atoms with E-state index in [2.05, 4.69) is 21.7 Å². The van der Waals surface area contributed by atoms with Crippen molar-refractivity contribution < 1.29 is 9.59 Å². The molecule has 1 aromatic carbocycles. The molecule has 6 nitrogen and oxygen atoms in total. The number of nitriles is 1. The predicted molar refractivity (Wildman–Crippen MR) is 105 cm³/mol. The zero-order valence-corrected chi connectivity index (χ0v) is 15.7. The Balaban J connectivity index is 1.45. The van der Waals surface area contributed by atoms with Gasteiger partial charge in [0.05, 0.1) is 17.5 Å². The maximum atomic E-state index is 12.8. The van der Waals surface area contributed by atoms with Gasteiger partial charge in [0.2, 0.25) is 5.91 Å². The normalized spacial score (nSPS) is 22.8. The molecule has 0 saturated heterocycles. The maximum absolute atomic E-state index is 12.8. The van der Waals surface area contributed by atoms with Gasteiger partial charge in [-0.1, -0.05) is 18.9 Å². The van der Waals surface area contributed by atoms with Crippen LogP contribution >= 0.6 is 0 Å². The van der Waals surface area contributed by atoms with Gasteiger partial charge in [0.25, 0.3) is 5.91 Å². The molecule has 2 saturated carbocycles. The molecule has 2 aliphatic rings. The summed E-state index contributed by atoms with van der Waals surface area (Å²) in [6, 6.07) is 10.8. The smallest absolute Gasteiger partial charge is 0.251 e. The Labute approximate surface area is 164 Å². The van der Waals surface area contributed by atoms with Crippen LogP contribution in [0.4, 0.5) is 0 Å². The van der Waals surface area contributed by atoms with Gasteiger partial charge in [0.1, 0.15) is 6.04 Å². The molecule has 4 rings (SSSR count). The molecule has 1 aromatic heterocycles. The van der Waals surface area contributed by atoms with E-state index in [0.29, 0.717) is 5.56 Å². The minimum atomic E-state index is -0.404. The van der Waals surface area contributed by atoms with Crippen molar-refractivity contribution in [3.05, 3.63) is 42.1 Å². The van der Waals surface area contributed by atoms with Crippen LogP contribution in [0.25, 0.3) is 10.9 Å². The van der Waals surface area contributed by atoms with E-state index >= 15 is 0 Å². The van der Waals surface area contributed by atoms with Crippen molar-refractivity contribution in [1.29, 1.82) is 5.26 Å². The van der Waals surface area contributed by atoms with Crippen LogP contribution in [-0.2, 0) is 4.79 Å². The summed E-state index contributed by atoms with van der Waals surface area (Å²) >= 11 is 0. The number of nitrogens with one attached hydrogen (secondary N) is 2. The second kappa shape index (κ2) is 7.97. The third kappa shape index (κ3) is 3.99. The molecule has 144 valence electrons. The zero-order valence-electron chi connectivity index (χ0n) is 15.7. The zero-order chi connectivity index (χ0) is 19.5. The Hall–Kier alpha value is -2.94. The Kier molecular flexibility index (Phi) is 5.25. The second-order valence-electron chi connectivity index (χ2n) is 7.83. The van der Waals surface area contributed by atoms with E-state index in [1.807, 2.05) is 24.3 Å². The third-order valence-corrected chi connectivity index (χ3v) is 5.81. The van der Waals surface area contributed by atoms with Gasteiger partial charge in [-0.2, -0.15) is 5.26 Å². The number of hydrogen-bond acceptors (Lipinski definition) is 4. The molecule has 6 heteroatoms. The van der Waals surface area contributed by atoms with Crippen LogP contribution in [0.2, 0.25) is 0 Å². The van der Waals surface area contributed by atoms with Gasteiger partial charge >= 0.3 is 0 Å². The highest BCUT2D eigenvalue weighted by Gasteiger charge is 2.37. The number of rotatable bonds is 5. The number of carbonyl (C=O) groups is 2. The van der Waals surface area contributed by atoms with Crippen molar-refractivity contribution in [2.75, 3.05) is 0 Å². The number of hydrogen-bond donors (Lipinski definition) is 2. The van der Waals surface area contributed by atoms with Crippen molar-refractivity contribution in [2.45, 2.75) is 50.6 Å². The lowest BCUT2D eigenvalue weighted by atomic mass is 9.83. The van der Waals surface area contributed by atoms with Gasteiger partial charge in [-0.15, -0.1) is 0 Å². The van der Waals surface area contributed by atoms with Crippen LogP contribution in [0, 0.1) is 23.2 Å². The summed E-state index contributed by atoms with van der Waals surface area (Å²) in [5.74, 6) is -0.271. The molecule has 2 fully saturated rings. The lowest BCUT2D eigenvalue weighted by molar-refractivity contribution is -0.127. The van der Waals surface area contributed by atoms with Gasteiger partial charge in [-0.25, -0.2) is 0 Å². The SMILES string of the molecule is N#C[C@@H](NC(=O)[C@@H]1CCCCC1NC(=O)c1ccc2ncccc2c1)C1CC1. The Morgan fingerprint density at radius 3 is 2.75 bits per heavy atom. The monoisotopic (exact) mass is 376 g/mol. The van der Waals surface area contributed by atoms with Gasteiger partial charge in [0.15, 0.2) is 0 Å². The molecule has 2 N–H and O–H groups in total. The molecular formula is C22H24N4O2. The minimum Gasteiger partial charge on any atom is -0.349 e. The number of amides is 2. The van der Waals surface area contributed by atoms with E-state index in [4.69, 9.17) is 0 Å². The fourth-order valence-electron chi connectivity index (χ4n) is 4.03. The summed E-state index contributed by atoms with van der Waals surface area (Å²) in [7, 11) is 0. The molecule has 1 heterocycles. The Morgan fingerprint density at radius 2 is 1.96 bits per heavy atom. The van der Waals surface area contributed by atoms with E-state index < -0.39 is 6.04 Å². The van der Waals surface area contributed by atoms with E-state index in [9.17, 15) is 14.9 Å². The summed E-state index contributed by atoms with van der Waals surface area (Å²) in [6.07, 6.45) is 7.19. The number of nitrogens with zero attached hydrogens (tertiary/aromatic N) is 2. The van der Waals surface area contributed by atoms with Crippen molar-refractivity contribution >= 4 is 22.7 Å². The van der Waals surface area contributed by atoms with Crippen molar-refractivity contribution in [3.8, 4) is 6.07 Å². The highest BCUT2D eigenvalue weighted by molar-refractivity contribution is 5.98. The standard InChI is InChI=1S/C22H24N4O2/c23-13-20(14-7-8-14)26-22(28)17-5-1-2-6-19(17)25-21(27)16-9-10-18-15(12-16)4-3-11-24-18/h3-4,9-12,14,17,19-20H,1-2,5-8H2,(H,25,27)(H,26,28)/t17-,19?,20-/m1/s1. The molecule has 28 heavy (non-hydrogen) atoms. The molecule has 2 amide bonds. The van der Waals surface area contributed by atoms with Gasteiger partial charge in [-0.3, -0.25) is 14.6 Å². The van der Waals surface area contributed by atoms with Gasteiger partial charge in [-0.05, 0) is 55.9 Å². The van der Waals surface area contributed by atoms with Crippen LogP contribution in [0.5, 0.6) is 0 Å². The molecule has 0 radical (unpaired) electrons. The number of fused-ring (bicyclic) bond motifs is 1. The lowest BCUT2D eigenvalue weighted by Crippen LogP contribution is -2.50. The Bertz CT molecular complexity index is 932. The van der Waals surface area contributed by atoms with Crippen molar-refractivity contribution in [1.82, 2.24) is 15.6 Å². The topological polar surface area (TPSA) is 94.9 Å². The molecule has 0 bridgehead atoms. The largest absolute Gasteiger partial charge is 0.349 e. The van der Waals surface area contributed by atoms with E-state index in [1.165, 1.54) is 0 Å². The molecule has 1 unspecified atom stereocenters. The number of pyridine rings is 1. The molecule has 2 aliphatic carbocycles. The predicted octanol–water partition coefficient (Wildman–Crippen LogP) is 2.94. The first-order valence-electron chi connectivity index (χ1n) is 10.0. The molecule has 0 spiro atoms. The fourth-order valence-corrected chi connectivity index (χ4v) is 4.03. The summed E-state index contributed by atoms with van der Waals surface area (Å²) < 4.78 is 0. The van der Waals surface area contributed by atoms with Gasteiger partial charge in [0, 0.05) is 23.2 Å². The molecule has 3 atom stereocenters. The molecular weight excluding hydrogens is 352 g/mol. The first-order valence-corrected chi connectivity index (χ1v) is 10.0. The first kappa shape index (κ1) is 18.4. The summed E-state index contributed by atoms with van der Waals surface area (Å²) in [5.41, 5.74) is 1.41. The van der Waals surface area contributed by atoms with Crippen molar-refractivity contribution in [3.63, 3.8) is 0 Å². The number of aromatic nitrogens is 1. The average Bonchev–Trinajstić information content (AvgIpc) is 3.57. The van der Waals surface area contributed by atoms with Crippen LogP contribution in [-0.4, -0.2) is 28.9 Å². The van der Waals surface area contributed by atoms with Crippen LogP contribution < -0.4 is 10.6 Å². The molecule has 2 aromatic rings. The summed E-state index contributed by atoms with van der Waals surface area (Å²) in [4.78, 5) is 29.9. The molecule has 0 aliphatic heterocycles. The Morgan fingerprint density at radius 1 is 1.14 bits per heavy atom. The summed E-state index contributed by atoms with van der Waals surface area (Å²) in [6.45, 7) is 0. The third-order valence-electron chi connectivity index (χ3n) is 5.81. The number of benzene rings is 1. The van der Waals surface area contributed by atoms with Gasteiger partial charge < -0.3 is 10.6 Å². The van der Waals surface area contributed by atoms with E-state index in [-0.39, 0.29) is 29.7 Å². The first-order chi connectivity index (χ1) is 13.7. The number of carbonyl (C=O) groups excluding carboxylic acids is 2. The maximum Gasteiger partial charge on any atom is 0.251 e. The van der Waals surface area contributed by atoms with Crippen LogP contribution in [0.1, 0.15) is 48.9 Å². The van der Waals surface area contributed by atoms with E-state index in [0.717, 1.165) is 49.4 Å². The lowest BCUT2D eigenvalue weighted by Gasteiger charge is -2.32. The minimum absolute atomic E-state index is 0.105. The van der Waals surface area contributed by atoms with Crippen molar-refractivity contribution in [2.24, 2.45) is 11.8 Å². The quantitative estimate of drug-likeness (QED) is 0.839. The highest BCUT2D eigenvalue weighted by atomic mass is 16.2.